The molecule has 1 aliphatic carbocycles. The Morgan fingerprint density at radius 1 is 1.42 bits per heavy atom. The summed E-state index contributed by atoms with van der Waals surface area (Å²) < 4.78 is 25.6. The molecule has 12 heavy (non-hydrogen) atoms. The number of halogens is 2. The fourth-order valence-corrected chi connectivity index (χ4v) is 1.85. The molecule has 1 saturated carbocycles. The Morgan fingerprint density at radius 2 is 2.08 bits per heavy atom. The summed E-state index contributed by atoms with van der Waals surface area (Å²) >= 11 is 0. The molecule has 0 bridgehead atoms. The molecule has 70 valence electrons. The van der Waals surface area contributed by atoms with Crippen LogP contribution in [0.3, 0.4) is 0 Å². The number of hydrogen-bond acceptors (Lipinski definition) is 1. The van der Waals surface area contributed by atoms with Crippen molar-refractivity contribution in [3.8, 4) is 0 Å². The molecule has 1 nitrogen and oxygen atoms in total. The number of aliphatic hydroxyl groups is 1. The zero-order chi connectivity index (χ0) is 9.24. The molecule has 0 aromatic carbocycles. The molecule has 1 unspecified atom stereocenters. The highest BCUT2D eigenvalue weighted by atomic mass is 19.3. The van der Waals surface area contributed by atoms with Crippen molar-refractivity contribution in [2.75, 3.05) is 6.61 Å². The standard InChI is InChI=1S/C9H14F2O/c1-2-3-8(7-12)4-5-9(10,11)6-8/h2,12H,1,3-7H2. The molecule has 0 aromatic rings. The molecule has 1 rings (SSSR count). The van der Waals surface area contributed by atoms with Crippen LogP contribution in [0.25, 0.3) is 0 Å². The Hall–Kier alpha value is -0.440. The maximum atomic E-state index is 12.8. The predicted octanol–water partition coefficient (Wildman–Crippen LogP) is 2.36. The van der Waals surface area contributed by atoms with Gasteiger partial charge in [0.25, 0.3) is 0 Å². The Balaban J connectivity index is 2.65. The molecule has 0 aromatic heterocycles. The van der Waals surface area contributed by atoms with Gasteiger partial charge in [0.1, 0.15) is 0 Å². The molecule has 1 N–H and O–H groups in total. The van der Waals surface area contributed by atoms with Gasteiger partial charge < -0.3 is 5.11 Å². The fraction of sp³-hybridized carbons (Fsp3) is 0.778. The van der Waals surface area contributed by atoms with Gasteiger partial charge in [-0.3, -0.25) is 0 Å². The summed E-state index contributed by atoms with van der Waals surface area (Å²) in [6.45, 7) is 3.35. The second-order valence-corrected chi connectivity index (χ2v) is 3.68. The van der Waals surface area contributed by atoms with E-state index in [4.69, 9.17) is 5.11 Å². The van der Waals surface area contributed by atoms with Gasteiger partial charge >= 0.3 is 0 Å². The lowest BCUT2D eigenvalue weighted by Gasteiger charge is -2.24. The molecular formula is C9H14F2O. The lowest BCUT2D eigenvalue weighted by Crippen LogP contribution is -2.23. The van der Waals surface area contributed by atoms with E-state index in [1.54, 1.807) is 6.08 Å². The minimum Gasteiger partial charge on any atom is -0.396 e. The fourth-order valence-electron chi connectivity index (χ4n) is 1.85. The molecule has 1 atom stereocenters. The Labute approximate surface area is 71.1 Å². The van der Waals surface area contributed by atoms with Gasteiger partial charge in [0.2, 0.25) is 5.92 Å². The van der Waals surface area contributed by atoms with E-state index in [0.29, 0.717) is 12.8 Å². The van der Waals surface area contributed by atoms with Crippen molar-refractivity contribution in [1.82, 2.24) is 0 Å². The largest absolute Gasteiger partial charge is 0.396 e. The molecular weight excluding hydrogens is 162 g/mol. The second kappa shape index (κ2) is 3.13. The summed E-state index contributed by atoms with van der Waals surface area (Å²) in [6.07, 6.45) is 2.21. The molecule has 0 amide bonds. The molecule has 0 spiro atoms. The lowest BCUT2D eigenvalue weighted by atomic mass is 9.83. The minimum atomic E-state index is -2.58. The van der Waals surface area contributed by atoms with E-state index >= 15 is 0 Å². The van der Waals surface area contributed by atoms with E-state index in [-0.39, 0.29) is 19.4 Å². The molecule has 1 aliphatic rings. The van der Waals surface area contributed by atoms with E-state index in [0.717, 1.165) is 0 Å². The van der Waals surface area contributed by atoms with Crippen LogP contribution in [0.5, 0.6) is 0 Å². The zero-order valence-corrected chi connectivity index (χ0v) is 7.02. The Bertz CT molecular complexity index is 179. The van der Waals surface area contributed by atoms with Gasteiger partial charge in [0.15, 0.2) is 0 Å². The van der Waals surface area contributed by atoms with Crippen LogP contribution in [0.1, 0.15) is 25.7 Å². The van der Waals surface area contributed by atoms with Crippen LogP contribution in [0.4, 0.5) is 8.78 Å². The normalized spacial score (nSPS) is 33.6. The molecule has 0 radical (unpaired) electrons. The van der Waals surface area contributed by atoms with Gasteiger partial charge in [-0.1, -0.05) is 6.08 Å². The van der Waals surface area contributed by atoms with Crippen LogP contribution >= 0.6 is 0 Å². The van der Waals surface area contributed by atoms with Gasteiger partial charge in [-0.15, -0.1) is 6.58 Å². The lowest BCUT2D eigenvalue weighted by molar-refractivity contribution is -0.0114. The van der Waals surface area contributed by atoms with E-state index < -0.39 is 11.3 Å². The molecule has 0 saturated heterocycles. The van der Waals surface area contributed by atoms with Crippen LogP contribution in [-0.2, 0) is 0 Å². The quantitative estimate of drug-likeness (QED) is 0.654. The summed E-state index contributed by atoms with van der Waals surface area (Å²) in [7, 11) is 0. The van der Waals surface area contributed by atoms with Crippen molar-refractivity contribution in [2.45, 2.75) is 31.6 Å². The van der Waals surface area contributed by atoms with Gasteiger partial charge in [-0.05, 0) is 12.8 Å². The van der Waals surface area contributed by atoms with Gasteiger partial charge in [-0.25, -0.2) is 8.78 Å². The second-order valence-electron chi connectivity index (χ2n) is 3.68. The summed E-state index contributed by atoms with van der Waals surface area (Å²) in [5.74, 6) is -2.58. The van der Waals surface area contributed by atoms with Crippen LogP contribution in [-0.4, -0.2) is 17.6 Å². The summed E-state index contributed by atoms with van der Waals surface area (Å²) in [4.78, 5) is 0. The van der Waals surface area contributed by atoms with E-state index in [1.807, 2.05) is 0 Å². The zero-order valence-electron chi connectivity index (χ0n) is 7.02. The van der Waals surface area contributed by atoms with Crippen LogP contribution in [0, 0.1) is 5.41 Å². The maximum absolute atomic E-state index is 12.8. The molecule has 1 fully saturated rings. The highest BCUT2D eigenvalue weighted by Gasteiger charge is 2.48. The van der Waals surface area contributed by atoms with E-state index in [1.165, 1.54) is 0 Å². The number of allylic oxidation sites excluding steroid dienone is 1. The molecule has 0 heterocycles. The highest BCUT2D eigenvalue weighted by Crippen LogP contribution is 2.49. The van der Waals surface area contributed by atoms with E-state index in [9.17, 15) is 8.78 Å². The van der Waals surface area contributed by atoms with Crippen molar-refractivity contribution in [3.63, 3.8) is 0 Å². The van der Waals surface area contributed by atoms with Crippen molar-refractivity contribution in [1.29, 1.82) is 0 Å². The van der Waals surface area contributed by atoms with Crippen molar-refractivity contribution >= 4 is 0 Å². The first-order valence-corrected chi connectivity index (χ1v) is 4.13. The maximum Gasteiger partial charge on any atom is 0.248 e. The molecule has 3 heteroatoms. The van der Waals surface area contributed by atoms with Gasteiger partial charge in [-0.2, -0.15) is 0 Å². The smallest absolute Gasteiger partial charge is 0.248 e. The van der Waals surface area contributed by atoms with Gasteiger partial charge in [0, 0.05) is 24.9 Å². The van der Waals surface area contributed by atoms with Crippen molar-refractivity contribution in [2.24, 2.45) is 5.41 Å². The monoisotopic (exact) mass is 176 g/mol. The van der Waals surface area contributed by atoms with Gasteiger partial charge in [0.05, 0.1) is 0 Å². The summed E-state index contributed by atoms with van der Waals surface area (Å²) in [6, 6.07) is 0. The van der Waals surface area contributed by atoms with Crippen molar-refractivity contribution in [3.05, 3.63) is 12.7 Å². The first kappa shape index (κ1) is 9.65. The SMILES string of the molecule is C=CCC1(CO)CCC(F)(F)C1. The third-order valence-electron chi connectivity index (χ3n) is 2.57. The van der Waals surface area contributed by atoms with Crippen LogP contribution in [0.15, 0.2) is 12.7 Å². The molecule has 0 aliphatic heterocycles. The number of aliphatic hydroxyl groups excluding tert-OH is 1. The topological polar surface area (TPSA) is 20.2 Å². The summed E-state index contributed by atoms with van der Waals surface area (Å²) in [5.41, 5.74) is -0.592. The third kappa shape index (κ3) is 1.83. The van der Waals surface area contributed by atoms with Crippen LogP contribution < -0.4 is 0 Å². The number of hydrogen-bond donors (Lipinski definition) is 1. The Kier molecular flexibility index (Phi) is 2.52. The average Bonchev–Trinajstić information content (AvgIpc) is 2.29. The highest BCUT2D eigenvalue weighted by molar-refractivity contribution is 4.96. The number of alkyl halides is 2. The predicted molar refractivity (Wildman–Crippen MR) is 43.1 cm³/mol. The first-order valence-electron chi connectivity index (χ1n) is 4.13. The first-order chi connectivity index (χ1) is 5.54. The Morgan fingerprint density at radius 3 is 2.42 bits per heavy atom. The summed E-state index contributed by atoms with van der Waals surface area (Å²) in [5, 5.41) is 9.00. The van der Waals surface area contributed by atoms with Crippen LogP contribution in [0.2, 0.25) is 0 Å². The third-order valence-corrected chi connectivity index (χ3v) is 2.57. The average molecular weight is 176 g/mol. The minimum absolute atomic E-state index is 0.0958. The van der Waals surface area contributed by atoms with Crippen molar-refractivity contribution < 1.29 is 13.9 Å². The van der Waals surface area contributed by atoms with E-state index in [2.05, 4.69) is 6.58 Å². The number of rotatable bonds is 3.